The van der Waals surface area contributed by atoms with Crippen LogP contribution in [-0.4, -0.2) is 24.4 Å². The monoisotopic (exact) mass is 395 g/mol. The summed E-state index contributed by atoms with van der Waals surface area (Å²) in [4.78, 5) is 16.0. The van der Waals surface area contributed by atoms with Crippen LogP contribution >= 0.6 is 0 Å². The van der Waals surface area contributed by atoms with E-state index >= 15 is 0 Å². The summed E-state index contributed by atoms with van der Waals surface area (Å²) in [6.07, 6.45) is 4.44. The highest BCUT2D eigenvalue weighted by Gasteiger charge is 2.14. The lowest BCUT2D eigenvalue weighted by molar-refractivity contribution is -0.111. The van der Waals surface area contributed by atoms with Gasteiger partial charge in [0, 0.05) is 18.0 Å². The fourth-order valence-corrected chi connectivity index (χ4v) is 3.29. The standard InChI is InChI=1S/C20H17N3O4S/c24-17-9-4-15(5-10-17)6-13-20(25)22-16-7-11-18(12-8-16)28(26,27)23-19-3-1-2-14-21-19/h1-14,24H,(H,21,23)(H,22,25)/b13-6+. The average molecular weight is 395 g/mol. The number of nitrogens with zero attached hydrogens (tertiary/aromatic N) is 1. The molecule has 2 aromatic carbocycles. The molecule has 0 saturated carbocycles. The predicted octanol–water partition coefficient (Wildman–Crippen LogP) is 3.24. The van der Waals surface area contributed by atoms with Gasteiger partial charge in [0.05, 0.1) is 4.90 Å². The van der Waals surface area contributed by atoms with Crippen LogP contribution in [0.15, 0.2) is 83.9 Å². The van der Waals surface area contributed by atoms with Gasteiger partial charge in [0.1, 0.15) is 11.6 Å². The third kappa shape index (κ3) is 5.18. The second-order valence-electron chi connectivity index (χ2n) is 5.76. The first-order chi connectivity index (χ1) is 13.4. The van der Waals surface area contributed by atoms with Gasteiger partial charge in [0.2, 0.25) is 5.91 Å². The van der Waals surface area contributed by atoms with E-state index in [0.717, 1.165) is 5.56 Å². The molecule has 3 aromatic rings. The first-order valence-corrected chi connectivity index (χ1v) is 9.73. The summed E-state index contributed by atoms with van der Waals surface area (Å²) < 4.78 is 27.1. The van der Waals surface area contributed by atoms with Crippen LogP contribution in [0.2, 0.25) is 0 Å². The molecule has 8 heteroatoms. The van der Waals surface area contributed by atoms with E-state index in [1.165, 1.54) is 48.7 Å². The largest absolute Gasteiger partial charge is 0.508 e. The van der Waals surface area contributed by atoms with E-state index in [1.807, 2.05) is 0 Å². The molecule has 0 aliphatic rings. The number of carbonyl (C=O) groups is 1. The number of aromatic hydroxyl groups is 1. The Kier molecular flexibility index (Phi) is 5.71. The molecule has 0 bridgehead atoms. The van der Waals surface area contributed by atoms with E-state index in [4.69, 9.17) is 0 Å². The van der Waals surface area contributed by atoms with Crippen LogP contribution in [0.4, 0.5) is 11.5 Å². The number of hydrogen-bond donors (Lipinski definition) is 3. The highest BCUT2D eigenvalue weighted by atomic mass is 32.2. The topological polar surface area (TPSA) is 108 Å². The minimum absolute atomic E-state index is 0.0517. The number of carbonyl (C=O) groups excluding carboxylic acids is 1. The molecule has 0 saturated heterocycles. The molecule has 1 amide bonds. The van der Waals surface area contributed by atoms with Gasteiger partial charge in [-0.05, 0) is 60.2 Å². The maximum absolute atomic E-state index is 12.4. The Morgan fingerprint density at radius 2 is 1.68 bits per heavy atom. The smallest absolute Gasteiger partial charge is 0.263 e. The lowest BCUT2D eigenvalue weighted by atomic mass is 10.2. The van der Waals surface area contributed by atoms with Gasteiger partial charge in [-0.1, -0.05) is 18.2 Å². The minimum Gasteiger partial charge on any atom is -0.508 e. The van der Waals surface area contributed by atoms with E-state index < -0.39 is 10.0 Å². The maximum atomic E-state index is 12.4. The number of sulfonamides is 1. The molecule has 3 rings (SSSR count). The summed E-state index contributed by atoms with van der Waals surface area (Å²) in [6.45, 7) is 0. The summed E-state index contributed by atoms with van der Waals surface area (Å²) in [6, 6.07) is 17.1. The van der Waals surface area contributed by atoms with Crippen LogP contribution < -0.4 is 10.0 Å². The Hall–Kier alpha value is -3.65. The summed E-state index contributed by atoms with van der Waals surface area (Å²) in [5, 5.41) is 11.9. The quantitative estimate of drug-likeness (QED) is 0.555. The first kappa shape index (κ1) is 19.1. The van der Waals surface area contributed by atoms with Crippen LogP contribution in [0.25, 0.3) is 6.08 Å². The van der Waals surface area contributed by atoms with E-state index in [9.17, 15) is 18.3 Å². The van der Waals surface area contributed by atoms with Gasteiger partial charge in [0.15, 0.2) is 0 Å². The third-order valence-electron chi connectivity index (χ3n) is 3.66. The minimum atomic E-state index is -3.77. The lowest BCUT2D eigenvalue weighted by Crippen LogP contribution is -2.14. The van der Waals surface area contributed by atoms with Gasteiger partial charge in [-0.25, -0.2) is 13.4 Å². The molecule has 0 fully saturated rings. The SMILES string of the molecule is O=C(/C=C/c1ccc(O)cc1)Nc1ccc(S(=O)(=O)Nc2ccccn2)cc1. The fraction of sp³-hybridized carbons (Fsp3) is 0. The van der Waals surface area contributed by atoms with Crippen molar-refractivity contribution in [1.29, 1.82) is 0 Å². The molecule has 1 aromatic heterocycles. The van der Waals surface area contributed by atoms with Gasteiger partial charge in [-0.15, -0.1) is 0 Å². The zero-order valence-electron chi connectivity index (χ0n) is 14.6. The Morgan fingerprint density at radius 1 is 0.964 bits per heavy atom. The number of phenolic OH excluding ortho intramolecular Hbond substituents is 1. The Bertz CT molecular complexity index is 1080. The molecule has 7 nitrogen and oxygen atoms in total. The van der Waals surface area contributed by atoms with Crippen LogP contribution in [-0.2, 0) is 14.8 Å². The van der Waals surface area contributed by atoms with Crippen molar-refractivity contribution in [3.05, 3.63) is 84.6 Å². The molecule has 0 aliphatic heterocycles. The predicted molar refractivity (Wildman–Crippen MR) is 107 cm³/mol. The van der Waals surface area contributed by atoms with Crippen LogP contribution in [0.5, 0.6) is 5.75 Å². The zero-order chi connectivity index (χ0) is 20.0. The molecule has 0 atom stereocenters. The van der Waals surface area contributed by atoms with Gasteiger partial charge in [-0.3, -0.25) is 9.52 Å². The molecule has 0 aliphatic carbocycles. The van der Waals surface area contributed by atoms with E-state index in [1.54, 1.807) is 36.4 Å². The van der Waals surface area contributed by atoms with Crippen LogP contribution in [0.3, 0.4) is 0 Å². The highest BCUT2D eigenvalue weighted by molar-refractivity contribution is 7.92. The molecule has 142 valence electrons. The third-order valence-corrected chi connectivity index (χ3v) is 5.03. The van der Waals surface area contributed by atoms with Crippen LogP contribution in [0, 0.1) is 0 Å². The molecule has 0 radical (unpaired) electrons. The molecular weight excluding hydrogens is 378 g/mol. The van der Waals surface area contributed by atoms with E-state index in [-0.39, 0.29) is 22.4 Å². The van der Waals surface area contributed by atoms with Gasteiger partial charge in [0.25, 0.3) is 10.0 Å². The second kappa shape index (κ2) is 8.36. The van der Waals surface area contributed by atoms with Crippen LogP contribution in [0.1, 0.15) is 5.56 Å². The fourth-order valence-electron chi connectivity index (χ4n) is 2.28. The highest BCUT2D eigenvalue weighted by Crippen LogP contribution is 2.17. The first-order valence-electron chi connectivity index (χ1n) is 8.24. The number of phenols is 1. The summed E-state index contributed by atoms with van der Waals surface area (Å²) in [5.41, 5.74) is 1.21. The van der Waals surface area contributed by atoms with Crippen molar-refractivity contribution in [2.45, 2.75) is 4.90 Å². The van der Waals surface area contributed by atoms with Crippen molar-refractivity contribution in [3.63, 3.8) is 0 Å². The molecule has 1 heterocycles. The normalized spacial score (nSPS) is 11.3. The Morgan fingerprint density at radius 3 is 2.32 bits per heavy atom. The van der Waals surface area contributed by atoms with Gasteiger partial charge < -0.3 is 10.4 Å². The van der Waals surface area contributed by atoms with E-state index in [0.29, 0.717) is 5.69 Å². The van der Waals surface area contributed by atoms with E-state index in [2.05, 4.69) is 15.0 Å². The van der Waals surface area contributed by atoms with Crippen molar-refractivity contribution in [2.24, 2.45) is 0 Å². The molecule has 28 heavy (non-hydrogen) atoms. The number of anilines is 2. The Labute approximate surface area is 162 Å². The summed E-state index contributed by atoms with van der Waals surface area (Å²) >= 11 is 0. The second-order valence-corrected chi connectivity index (χ2v) is 7.44. The zero-order valence-corrected chi connectivity index (χ0v) is 15.4. The van der Waals surface area contributed by atoms with Gasteiger partial charge >= 0.3 is 0 Å². The van der Waals surface area contributed by atoms with Crippen molar-refractivity contribution in [2.75, 3.05) is 10.0 Å². The number of nitrogens with one attached hydrogen (secondary N) is 2. The number of amides is 1. The van der Waals surface area contributed by atoms with Crippen molar-refractivity contribution in [3.8, 4) is 5.75 Å². The summed E-state index contributed by atoms with van der Waals surface area (Å²) in [7, 11) is -3.77. The number of rotatable bonds is 6. The molecule has 0 spiro atoms. The number of hydrogen-bond acceptors (Lipinski definition) is 5. The van der Waals surface area contributed by atoms with Crippen molar-refractivity contribution >= 4 is 33.5 Å². The Balaban J connectivity index is 1.63. The number of aromatic nitrogens is 1. The number of pyridine rings is 1. The molecule has 3 N–H and O–H groups in total. The van der Waals surface area contributed by atoms with Gasteiger partial charge in [-0.2, -0.15) is 0 Å². The molecule has 0 unspecified atom stereocenters. The average Bonchev–Trinajstić information content (AvgIpc) is 2.68. The maximum Gasteiger partial charge on any atom is 0.263 e. The molecular formula is C20H17N3O4S. The summed E-state index contributed by atoms with van der Waals surface area (Å²) in [5.74, 6) is 0.00344. The number of benzene rings is 2. The van der Waals surface area contributed by atoms with Crippen molar-refractivity contribution in [1.82, 2.24) is 4.98 Å². The lowest BCUT2D eigenvalue weighted by Gasteiger charge is -2.08. The van der Waals surface area contributed by atoms with Crippen molar-refractivity contribution < 1.29 is 18.3 Å².